The van der Waals surface area contributed by atoms with E-state index in [0.29, 0.717) is 19.8 Å². The third kappa shape index (κ3) is 6.48. The molecule has 1 aromatic carbocycles. The van der Waals surface area contributed by atoms with Crippen LogP contribution in [0.2, 0.25) is 0 Å². The summed E-state index contributed by atoms with van der Waals surface area (Å²) in [7, 11) is 3.66. The number of hydrogen-bond donors (Lipinski definition) is 1. The monoisotopic (exact) mass is 281 g/mol. The van der Waals surface area contributed by atoms with Crippen molar-refractivity contribution in [3.63, 3.8) is 0 Å². The summed E-state index contributed by atoms with van der Waals surface area (Å²) in [6.45, 7) is 5.51. The van der Waals surface area contributed by atoms with Crippen molar-refractivity contribution in [1.82, 2.24) is 5.32 Å². The molecule has 0 heterocycles. The second-order valence-corrected chi connectivity index (χ2v) is 4.73. The number of rotatable bonds is 11. The van der Waals surface area contributed by atoms with E-state index >= 15 is 0 Å². The molecule has 1 N–H and O–H groups in total. The molecular formula is C16H27NO3. The van der Waals surface area contributed by atoms with Crippen LogP contribution in [0.1, 0.15) is 23.6 Å². The van der Waals surface area contributed by atoms with Crippen molar-refractivity contribution in [3.05, 3.63) is 35.4 Å². The maximum absolute atomic E-state index is 5.68. The van der Waals surface area contributed by atoms with E-state index in [1.165, 1.54) is 11.1 Å². The molecule has 0 radical (unpaired) electrons. The molecule has 0 aliphatic rings. The standard InChI is InChI=1S/C16H27NO3/c1-14-7-4-5-8-15(14)16(17-2)13-20-12-11-19-10-6-9-18-3/h4-5,7-8,16-17H,6,9-13H2,1-3H3. The smallest absolute Gasteiger partial charge is 0.0701 e. The molecule has 0 aliphatic carbocycles. The quantitative estimate of drug-likeness (QED) is 0.632. The van der Waals surface area contributed by atoms with Crippen LogP contribution in [0.5, 0.6) is 0 Å². The van der Waals surface area contributed by atoms with E-state index in [0.717, 1.165) is 19.6 Å². The van der Waals surface area contributed by atoms with Crippen LogP contribution in [0.3, 0.4) is 0 Å². The first-order valence-electron chi connectivity index (χ1n) is 7.16. The molecule has 1 aromatic rings. The first-order chi connectivity index (χ1) is 9.79. The van der Waals surface area contributed by atoms with Gasteiger partial charge in [0.1, 0.15) is 0 Å². The van der Waals surface area contributed by atoms with Crippen LogP contribution in [-0.2, 0) is 14.2 Å². The number of aryl methyl sites for hydroxylation is 1. The van der Waals surface area contributed by atoms with Gasteiger partial charge in [-0.3, -0.25) is 0 Å². The van der Waals surface area contributed by atoms with Gasteiger partial charge in [0, 0.05) is 20.3 Å². The third-order valence-corrected chi connectivity index (χ3v) is 3.21. The highest BCUT2D eigenvalue weighted by molar-refractivity contribution is 5.28. The van der Waals surface area contributed by atoms with Crippen LogP contribution in [-0.4, -0.2) is 47.2 Å². The first-order valence-corrected chi connectivity index (χ1v) is 7.16. The molecule has 4 nitrogen and oxygen atoms in total. The van der Waals surface area contributed by atoms with Gasteiger partial charge in [-0.15, -0.1) is 0 Å². The Bertz CT molecular complexity index is 357. The van der Waals surface area contributed by atoms with Crippen molar-refractivity contribution in [2.75, 3.05) is 47.2 Å². The molecule has 0 spiro atoms. The molecule has 20 heavy (non-hydrogen) atoms. The number of hydrogen-bond acceptors (Lipinski definition) is 4. The molecule has 0 bridgehead atoms. The Hall–Kier alpha value is -0.940. The molecule has 114 valence electrons. The maximum atomic E-state index is 5.68. The van der Waals surface area contributed by atoms with Crippen molar-refractivity contribution < 1.29 is 14.2 Å². The van der Waals surface area contributed by atoms with E-state index in [4.69, 9.17) is 14.2 Å². The van der Waals surface area contributed by atoms with Gasteiger partial charge in [0.05, 0.1) is 25.9 Å². The molecule has 0 amide bonds. The minimum absolute atomic E-state index is 0.227. The van der Waals surface area contributed by atoms with Crippen LogP contribution in [0.25, 0.3) is 0 Å². The van der Waals surface area contributed by atoms with Crippen LogP contribution in [0.15, 0.2) is 24.3 Å². The van der Waals surface area contributed by atoms with E-state index in [-0.39, 0.29) is 6.04 Å². The second-order valence-electron chi connectivity index (χ2n) is 4.73. The average Bonchev–Trinajstić information content (AvgIpc) is 2.47. The van der Waals surface area contributed by atoms with Gasteiger partial charge in [-0.25, -0.2) is 0 Å². The van der Waals surface area contributed by atoms with E-state index in [1.807, 2.05) is 7.05 Å². The third-order valence-electron chi connectivity index (χ3n) is 3.21. The van der Waals surface area contributed by atoms with Crippen molar-refractivity contribution in [2.24, 2.45) is 0 Å². The Kier molecular flexibility index (Phi) is 9.24. The van der Waals surface area contributed by atoms with E-state index in [9.17, 15) is 0 Å². The predicted octanol–water partition coefficient (Wildman–Crippen LogP) is 2.33. The molecule has 1 unspecified atom stereocenters. The number of likely N-dealkylation sites (N-methyl/N-ethyl adjacent to an activating group) is 1. The van der Waals surface area contributed by atoms with Crippen molar-refractivity contribution >= 4 is 0 Å². The summed E-state index contributed by atoms with van der Waals surface area (Å²) in [6.07, 6.45) is 0.929. The zero-order valence-electron chi connectivity index (χ0n) is 12.9. The molecule has 0 fully saturated rings. The minimum atomic E-state index is 0.227. The molecule has 1 atom stereocenters. The lowest BCUT2D eigenvalue weighted by molar-refractivity contribution is 0.0330. The van der Waals surface area contributed by atoms with E-state index in [2.05, 4.69) is 36.5 Å². The first kappa shape index (κ1) is 17.1. The minimum Gasteiger partial charge on any atom is -0.385 e. The van der Waals surface area contributed by atoms with Gasteiger partial charge in [-0.05, 0) is 31.5 Å². The fourth-order valence-corrected chi connectivity index (χ4v) is 2.03. The number of ether oxygens (including phenoxy) is 3. The lowest BCUT2D eigenvalue weighted by atomic mass is 10.0. The topological polar surface area (TPSA) is 39.7 Å². The van der Waals surface area contributed by atoms with Crippen molar-refractivity contribution in [2.45, 2.75) is 19.4 Å². The van der Waals surface area contributed by atoms with Gasteiger partial charge in [-0.1, -0.05) is 24.3 Å². The Morgan fingerprint density at radius 3 is 2.50 bits per heavy atom. The van der Waals surface area contributed by atoms with Crippen molar-refractivity contribution in [1.29, 1.82) is 0 Å². The van der Waals surface area contributed by atoms with Gasteiger partial charge < -0.3 is 19.5 Å². The zero-order valence-corrected chi connectivity index (χ0v) is 12.9. The second kappa shape index (κ2) is 10.8. The van der Waals surface area contributed by atoms with Gasteiger partial charge in [0.2, 0.25) is 0 Å². The largest absolute Gasteiger partial charge is 0.385 e. The SMILES string of the molecule is CNC(COCCOCCCOC)c1ccccc1C. The highest BCUT2D eigenvalue weighted by atomic mass is 16.5. The lowest BCUT2D eigenvalue weighted by Crippen LogP contribution is -2.23. The van der Waals surface area contributed by atoms with Gasteiger partial charge in [-0.2, -0.15) is 0 Å². The summed E-state index contributed by atoms with van der Waals surface area (Å²) in [5.41, 5.74) is 2.57. The lowest BCUT2D eigenvalue weighted by Gasteiger charge is -2.19. The molecule has 0 saturated carbocycles. The fourth-order valence-electron chi connectivity index (χ4n) is 2.03. The summed E-state index contributed by atoms with van der Waals surface area (Å²) >= 11 is 0. The Balaban J connectivity index is 2.18. The molecule has 0 aromatic heterocycles. The molecular weight excluding hydrogens is 254 g/mol. The van der Waals surface area contributed by atoms with Crippen molar-refractivity contribution in [3.8, 4) is 0 Å². The predicted molar refractivity (Wildman–Crippen MR) is 81.1 cm³/mol. The Labute approximate surface area is 122 Å². The molecule has 1 rings (SSSR count). The highest BCUT2D eigenvalue weighted by Crippen LogP contribution is 2.17. The Morgan fingerprint density at radius 1 is 1.05 bits per heavy atom. The summed E-state index contributed by atoms with van der Waals surface area (Å²) in [5, 5.41) is 3.30. The molecule has 4 heteroatoms. The Morgan fingerprint density at radius 2 is 1.80 bits per heavy atom. The van der Waals surface area contributed by atoms with Gasteiger partial charge >= 0.3 is 0 Å². The highest BCUT2D eigenvalue weighted by Gasteiger charge is 2.10. The van der Waals surface area contributed by atoms with Gasteiger partial charge in [0.25, 0.3) is 0 Å². The average molecular weight is 281 g/mol. The maximum Gasteiger partial charge on any atom is 0.0701 e. The fraction of sp³-hybridized carbons (Fsp3) is 0.625. The summed E-state index contributed by atoms with van der Waals surface area (Å²) in [6, 6.07) is 8.61. The van der Waals surface area contributed by atoms with Crippen LogP contribution >= 0.6 is 0 Å². The van der Waals surface area contributed by atoms with E-state index < -0.39 is 0 Å². The summed E-state index contributed by atoms with van der Waals surface area (Å²) in [4.78, 5) is 0. The molecule has 0 aliphatic heterocycles. The normalized spacial score (nSPS) is 12.6. The van der Waals surface area contributed by atoms with Crippen LogP contribution < -0.4 is 5.32 Å². The number of methoxy groups -OCH3 is 1. The van der Waals surface area contributed by atoms with Crippen LogP contribution in [0, 0.1) is 6.92 Å². The van der Waals surface area contributed by atoms with Crippen LogP contribution in [0.4, 0.5) is 0 Å². The number of benzene rings is 1. The summed E-state index contributed by atoms with van der Waals surface area (Å²) < 4.78 is 16.1. The van der Waals surface area contributed by atoms with Gasteiger partial charge in [0.15, 0.2) is 0 Å². The number of nitrogens with one attached hydrogen (secondary N) is 1. The summed E-state index contributed by atoms with van der Waals surface area (Å²) in [5.74, 6) is 0. The molecule has 0 saturated heterocycles. The zero-order chi connectivity index (χ0) is 14.6. The van der Waals surface area contributed by atoms with E-state index in [1.54, 1.807) is 7.11 Å².